The Balaban J connectivity index is 2.06. The third kappa shape index (κ3) is 2.59. The molecule has 3 heteroatoms. The number of hydrogen-bond donors (Lipinski definition) is 1. The number of aliphatic imine (C=N–C) groups is 1. The number of nitrogens with one attached hydrogen (secondary N) is 1. The standard InChI is InChI=1S/C13H18N2S/c1-9-6-4-5-7-12(9)11(3)15-13-14-10(2)8-16-13/h4-7,10-11H,8H2,1-3H3,(H,14,15). The van der Waals surface area contributed by atoms with Crippen molar-refractivity contribution in [2.24, 2.45) is 4.99 Å². The van der Waals surface area contributed by atoms with E-state index in [4.69, 9.17) is 0 Å². The molecule has 2 atom stereocenters. The van der Waals surface area contributed by atoms with Crippen LogP contribution in [0, 0.1) is 6.92 Å². The molecule has 1 N–H and O–H groups in total. The molecule has 2 rings (SSSR count). The van der Waals surface area contributed by atoms with E-state index < -0.39 is 0 Å². The average molecular weight is 234 g/mol. The highest BCUT2D eigenvalue weighted by atomic mass is 32.2. The van der Waals surface area contributed by atoms with Gasteiger partial charge < -0.3 is 5.32 Å². The Bertz CT molecular complexity index is 401. The third-order valence-corrected chi connectivity index (χ3v) is 3.94. The van der Waals surface area contributed by atoms with Gasteiger partial charge in [-0.1, -0.05) is 36.0 Å². The Kier molecular flexibility index (Phi) is 3.54. The van der Waals surface area contributed by atoms with Crippen molar-refractivity contribution in [1.29, 1.82) is 0 Å². The fourth-order valence-corrected chi connectivity index (χ4v) is 2.88. The zero-order valence-corrected chi connectivity index (χ0v) is 10.8. The molecule has 86 valence electrons. The maximum absolute atomic E-state index is 4.55. The number of nitrogens with zero attached hydrogens (tertiary/aromatic N) is 1. The quantitative estimate of drug-likeness (QED) is 0.850. The first-order valence-electron chi connectivity index (χ1n) is 5.69. The summed E-state index contributed by atoms with van der Waals surface area (Å²) in [4.78, 5) is 4.55. The molecule has 1 heterocycles. The van der Waals surface area contributed by atoms with Gasteiger partial charge in [0.15, 0.2) is 5.17 Å². The first-order chi connectivity index (χ1) is 7.66. The maximum atomic E-state index is 4.55. The van der Waals surface area contributed by atoms with Gasteiger partial charge in [-0.3, -0.25) is 4.99 Å². The summed E-state index contributed by atoms with van der Waals surface area (Å²) in [5.41, 5.74) is 2.68. The van der Waals surface area contributed by atoms with Gasteiger partial charge in [-0.05, 0) is 31.9 Å². The monoisotopic (exact) mass is 234 g/mol. The van der Waals surface area contributed by atoms with Gasteiger partial charge in [0.05, 0.1) is 12.1 Å². The Labute approximate surface area is 102 Å². The van der Waals surface area contributed by atoms with E-state index in [0.29, 0.717) is 12.1 Å². The molecular weight excluding hydrogens is 216 g/mol. The average Bonchev–Trinajstić information content (AvgIpc) is 2.64. The van der Waals surface area contributed by atoms with Gasteiger partial charge in [0.25, 0.3) is 0 Å². The fraction of sp³-hybridized carbons (Fsp3) is 0.462. The van der Waals surface area contributed by atoms with Crippen molar-refractivity contribution in [3.63, 3.8) is 0 Å². The van der Waals surface area contributed by atoms with Crippen LogP contribution in [0.2, 0.25) is 0 Å². The van der Waals surface area contributed by atoms with Gasteiger partial charge in [-0.15, -0.1) is 0 Å². The third-order valence-electron chi connectivity index (χ3n) is 2.79. The summed E-state index contributed by atoms with van der Waals surface area (Å²) >= 11 is 1.82. The molecule has 2 nitrogen and oxygen atoms in total. The highest BCUT2D eigenvalue weighted by Gasteiger charge is 2.16. The molecule has 0 aliphatic carbocycles. The van der Waals surface area contributed by atoms with E-state index in [2.05, 4.69) is 55.3 Å². The van der Waals surface area contributed by atoms with E-state index in [1.165, 1.54) is 11.1 Å². The van der Waals surface area contributed by atoms with Gasteiger partial charge in [0, 0.05) is 5.75 Å². The zero-order valence-electron chi connectivity index (χ0n) is 10.0. The van der Waals surface area contributed by atoms with Crippen molar-refractivity contribution < 1.29 is 0 Å². The van der Waals surface area contributed by atoms with Crippen molar-refractivity contribution in [3.05, 3.63) is 35.4 Å². The Morgan fingerprint density at radius 3 is 2.81 bits per heavy atom. The number of benzene rings is 1. The van der Waals surface area contributed by atoms with E-state index in [-0.39, 0.29) is 0 Å². The van der Waals surface area contributed by atoms with E-state index in [1.807, 2.05) is 11.8 Å². The highest BCUT2D eigenvalue weighted by Crippen LogP contribution is 2.21. The Morgan fingerprint density at radius 1 is 1.44 bits per heavy atom. The lowest BCUT2D eigenvalue weighted by molar-refractivity contribution is 0.713. The minimum atomic E-state index is 0.331. The predicted octanol–water partition coefficient (Wildman–Crippen LogP) is 3.14. The molecule has 1 aliphatic heterocycles. The smallest absolute Gasteiger partial charge is 0.157 e. The topological polar surface area (TPSA) is 24.4 Å². The van der Waals surface area contributed by atoms with Crippen LogP contribution in [-0.2, 0) is 0 Å². The molecule has 1 aliphatic rings. The van der Waals surface area contributed by atoms with E-state index >= 15 is 0 Å². The van der Waals surface area contributed by atoms with Gasteiger partial charge in [0.2, 0.25) is 0 Å². The molecule has 0 fully saturated rings. The first kappa shape index (κ1) is 11.5. The fourth-order valence-electron chi connectivity index (χ4n) is 1.89. The Hall–Kier alpha value is -0.960. The van der Waals surface area contributed by atoms with E-state index in [0.717, 1.165) is 10.9 Å². The van der Waals surface area contributed by atoms with Crippen LogP contribution in [0.5, 0.6) is 0 Å². The zero-order chi connectivity index (χ0) is 11.5. The van der Waals surface area contributed by atoms with Crippen LogP contribution in [0.1, 0.15) is 31.0 Å². The lowest BCUT2D eigenvalue weighted by atomic mass is 10.0. The van der Waals surface area contributed by atoms with Crippen molar-refractivity contribution in [2.45, 2.75) is 32.9 Å². The van der Waals surface area contributed by atoms with E-state index in [1.54, 1.807) is 0 Å². The van der Waals surface area contributed by atoms with Gasteiger partial charge in [0.1, 0.15) is 0 Å². The summed E-state index contributed by atoms with van der Waals surface area (Å²) in [6.45, 7) is 6.49. The molecule has 0 amide bonds. The largest absolute Gasteiger partial charge is 0.358 e. The molecule has 0 radical (unpaired) electrons. The normalized spacial score (nSPS) is 21.7. The predicted molar refractivity (Wildman–Crippen MR) is 72.1 cm³/mol. The molecule has 0 aromatic heterocycles. The highest BCUT2D eigenvalue weighted by molar-refractivity contribution is 8.14. The van der Waals surface area contributed by atoms with Crippen LogP contribution in [0.15, 0.2) is 29.3 Å². The summed E-state index contributed by atoms with van der Waals surface area (Å²) in [5, 5.41) is 4.57. The summed E-state index contributed by atoms with van der Waals surface area (Å²) < 4.78 is 0. The number of aryl methyl sites for hydroxylation is 1. The lowest BCUT2D eigenvalue weighted by Gasteiger charge is -2.16. The van der Waals surface area contributed by atoms with Crippen LogP contribution in [-0.4, -0.2) is 17.0 Å². The molecule has 1 aromatic carbocycles. The second-order valence-electron chi connectivity index (χ2n) is 4.32. The molecule has 1 aromatic rings. The molecule has 0 bridgehead atoms. The van der Waals surface area contributed by atoms with Crippen LogP contribution >= 0.6 is 11.8 Å². The number of thioether (sulfide) groups is 1. The maximum Gasteiger partial charge on any atom is 0.157 e. The summed E-state index contributed by atoms with van der Waals surface area (Å²) in [6, 6.07) is 9.28. The molecule has 0 saturated heterocycles. The summed E-state index contributed by atoms with van der Waals surface area (Å²) in [5.74, 6) is 1.10. The Morgan fingerprint density at radius 2 is 2.19 bits per heavy atom. The molecule has 0 spiro atoms. The number of amidine groups is 1. The van der Waals surface area contributed by atoms with Crippen molar-refractivity contribution >= 4 is 16.9 Å². The number of rotatable bonds is 2. The van der Waals surface area contributed by atoms with E-state index in [9.17, 15) is 0 Å². The molecule has 2 unspecified atom stereocenters. The molecular formula is C13H18N2S. The van der Waals surface area contributed by atoms with Gasteiger partial charge in [-0.25, -0.2) is 0 Å². The minimum absolute atomic E-state index is 0.331. The second kappa shape index (κ2) is 4.91. The number of hydrogen-bond acceptors (Lipinski definition) is 3. The SMILES string of the molecule is Cc1ccccc1C(C)NC1=NC(C)CS1. The van der Waals surface area contributed by atoms with Gasteiger partial charge >= 0.3 is 0 Å². The molecule has 16 heavy (non-hydrogen) atoms. The van der Waals surface area contributed by atoms with Crippen molar-refractivity contribution in [3.8, 4) is 0 Å². The second-order valence-corrected chi connectivity index (χ2v) is 5.33. The molecule has 0 saturated carbocycles. The summed E-state index contributed by atoms with van der Waals surface area (Å²) in [7, 11) is 0. The van der Waals surface area contributed by atoms with Gasteiger partial charge in [-0.2, -0.15) is 0 Å². The van der Waals surface area contributed by atoms with Crippen LogP contribution in [0.3, 0.4) is 0 Å². The van der Waals surface area contributed by atoms with Crippen LogP contribution < -0.4 is 5.32 Å². The summed E-state index contributed by atoms with van der Waals surface area (Å²) in [6.07, 6.45) is 0. The van der Waals surface area contributed by atoms with Crippen molar-refractivity contribution in [1.82, 2.24) is 5.32 Å². The van der Waals surface area contributed by atoms with Crippen molar-refractivity contribution in [2.75, 3.05) is 5.75 Å². The lowest BCUT2D eigenvalue weighted by Crippen LogP contribution is -2.23. The first-order valence-corrected chi connectivity index (χ1v) is 6.68. The van der Waals surface area contributed by atoms with Crippen LogP contribution in [0.25, 0.3) is 0 Å². The minimum Gasteiger partial charge on any atom is -0.358 e. The van der Waals surface area contributed by atoms with Crippen LogP contribution in [0.4, 0.5) is 0 Å².